The molecule has 0 aliphatic carbocycles. The highest BCUT2D eigenvalue weighted by molar-refractivity contribution is 7.92. The van der Waals surface area contributed by atoms with Crippen LogP contribution in [0.4, 0.5) is 14.6 Å². The summed E-state index contributed by atoms with van der Waals surface area (Å²) >= 11 is 0. The van der Waals surface area contributed by atoms with E-state index < -0.39 is 32.2 Å². The smallest absolute Gasteiger partial charge is 0.268 e. The molecule has 3 aromatic rings. The number of nitrogens with one attached hydrogen (secondary N) is 1. The minimum Gasteiger partial charge on any atom is -0.381 e. The van der Waals surface area contributed by atoms with Gasteiger partial charge in [-0.25, -0.2) is 22.2 Å². The molecule has 0 unspecified atom stereocenters. The number of ketones is 1. The number of carbonyl (C=O) groups is 1. The van der Waals surface area contributed by atoms with Crippen molar-refractivity contribution in [3.63, 3.8) is 0 Å². The van der Waals surface area contributed by atoms with Crippen LogP contribution in [-0.2, 0) is 19.7 Å². The summed E-state index contributed by atoms with van der Waals surface area (Å²) in [5.74, 6) is -2.93. The monoisotopic (exact) mass is 472 g/mol. The molecule has 0 bridgehead atoms. The van der Waals surface area contributed by atoms with E-state index in [9.17, 15) is 22.0 Å². The molecule has 0 fully saturated rings. The lowest BCUT2D eigenvalue weighted by molar-refractivity contribution is -0.128. The number of carbonyl (C=O) groups excluding carboxylic acids is 1. The number of rotatable bonds is 5. The summed E-state index contributed by atoms with van der Waals surface area (Å²) in [6.45, 7) is 5.08. The first kappa shape index (κ1) is 22.5. The predicted octanol–water partition coefficient (Wildman–Crippen LogP) is 3.61. The quantitative estimate of drug-likeness (QED) is 0.607. The Morgan fingerprint density at radius 3 is 2.30 bits per heavy atom. The van der Waals surface area contributed by atoms with Crippen molar-refractivity contribution in [1.82, 2.24) is 9.97 Å². The maximum atomic E-state index is 13.9. The van der Waals surface area contributed by atoms with Gasteiger partial charge < -0.3 is 4.84 Å². The lowest BCUT2D eigenvalue weighted by atomic mass is 9.93. The second-order valence-corrected chi connectivity index (χ2v) is 9.46. The van der Waals surface area contributed by atoms with Crippen LogP contribution in [0.15, 0.2) is 58.8 Å². The van der Waals surface area contributed by atoms with E-state index in [-0.39, 0.29) is 17.3 Å². The molecule has 1 aliphatic rings. The van der Waals surface area contributed by atoms with Crippen LogP contribution in [0, 0.1) is 18.6 Å². The third-order valence-corrected chi connectivity index (χ3v) is 6.40. The lowest BCUT2D eigenvalue weighted by Crippen LogP contribution is -2.33. The van der Waals surface area contributed by atoms with Crippen molar-refractivity contribution in [1.29, 1.82) is 0 Å². The number of Topliss-reactive ketones (excluding diaryl/α,β-unsaturated/α-hetero) is 1. The number of hydrogen-bond donors (Lipinski definition) is 1. The molecular formula is C22H18F2N4O4S. The number of anilines is 1. The van der Waals surface area contributed by atoms with Crippen molar-refractivity contribution >= 4 is 27.3 Å². The van der Waals surface area contributed by atoms with Crippen LogP contribution < -0.4 is 4.72 Å². The highest BCUT2D eigenvalue weighted by Crippen LogP contribution is 2.28. The first-order chi connectivity index (χ1) is 15.5. The largest absolute Gasteiger partial charge is 0.381 e. The number of sulfonamides is 1. The average molecular weight is 472 g/mol. The molecule has 0 saturated heterocycles. The minimum atomic E-state index is -4.56. The lowest BCUT2D eigenvalue weighted by Gasteiger charge is -2.12. The van der Waals surface area contributed by atoms with Crippen LogP contribution in [0.1, 0.15) is 25.0 Å². The molecule has 0 saturated carbocycles. The van der Waals surface area contributed by atoms with E-state index in [0.29, 0.717) is 16.8 Å². The maximum absolute atomic E-state index is 13.9. The minimum absolute atomic E-state index is 0.186. The molecule has 0 amide bonds. The fraction of sp³-hybridized carbons (Fsp3) is 0.182. The van der Waals surface area contributed by atoms with Gasteiger partial charge in [-0.2, -0.15) is 0 Å². The molecular weight excluding hydrogens is 454 g/mol. The summed E-state index contributed by atoms with van der Waals surface area (Å²) in [7, 11) is -4.56. The van der Waals surface area contributed by atoms with Crippen molar-refractivity contribution in [2.24, 2.45) is 5.16 Å². The number of aryl methyl sites for hydroxylation is 1. The molecule has 170 valence electrons. The van der Waals surface area contributed by atoms with Crippen molar-refractivity contribution in [2.45, 2.75) is 31.3 Å². The van der Waals surface area contributed by atoms with Gasteiger partial charge in [0.05, 0.1) is 18.1 Å². The molecule has 1 N–H and O–H groups in total. The molecule has 11 heteroatoms. The topological polar surface area (TPSA) is 111 Å². The van der Waals surface area contributed by atoms with Gasteiger partial charge in [0.25, 0.3) is 10.0 Å². The number of nitrogens with zero attached hydrogens (tertiary/aromatic N) is 3. The summed E-state index contributed by atoms with van der Waals surface area (Å²) in [6.07, 6.45) is 2.43. The van der Waals surface area contributed by atoms with Gasteiger partial charge in [0, 0.05) is 11.1 Å². The normalized spacial score (nSPS) is 15.2. The van der Waals surface area contributed by atoms with E-state index in [1.807, 2.05) is 11.6 Å². The van der Waals surface area contributed by atoms with Crippen molar-refractivity contribution < 1.29 is 26.8 Å². The highest BCUT2D eigenvalue weighted by atomic mass is 32.2. The van der Waals surface area contributed by atoms with E-state index in [4.69, 9.17) is 4.84 Å². The number of halogens is 2. The summed E-state index contributed by atoms with van der Waals surface area (Å²) in [6, 6.07) is 7.97. The van der Waals surface area contributed by atoms with E-state index in [2.05, 4.69) is 15.1 Å². The van der Waals surface area contributed by atoms with E-state index in [1.54, 1.807) is 32.0 Å². The van der Waals surface area contributed by atoms with Crippen LogP contribution in [0.5, 0.6) is 0 Å². The Morgan fingerprint density at radius 2 is 1.73 bits per heavy atom. The molecule has 2 heterocycles. The summed E-state index contributed by atoms with van der Waals surface area (Å²) in [4.78, 5) is 24.8. The van der Waals surface area contributed by atoms with Gasteiger partial charge >= 0.3 is 0 Å². The Morgan fingerprint density at radius 1 is 1.03 bits per heavy atom. The third-order valence-electron chi connectivity index (χ3n) is 4.99. The van der Waals surface area contributed by atoms with E-state index in [1.165, 1.54) is 6.20 Å². The Hall–Kier alpha value is -3.73. The van der Waals surface area contributed by atoms with Crippen molar-refractivity contribution in [3.8, 4) is 11.3 Å². The number of oxime groups is 1. The molecule has 1 aromatic heterocycles. The van der Waals surface area contributed by atoms with Gasteiger partial charge in [-0.05, 0) is 44.5 Å². The van der Waals surface area contributed by atoms with Gasteiger partial charge in [-0.15, -0.1) is 0 Å². The van der Waals surface area contributed by atoms with Crippen molar-refractivity contribution in [3.05, 3.63) is 71.6 Å². The molecule has 33 heavy (non-hydrogen) atoms. The van der Waals surface area contributed by atoms with E-state index in [0.717, 1.165) is 30.0 Å². The summed E-state index contributed by atoms with van der Waals surface area (Å²) in [5.41, 5.74) is 1.52. The molecule has 1 aliphatic heterocycles. The molecule has 0 radical (unpaired) electrons. The Balaban J connectivity index is 1.62. The zero-order chi connectivity index (χ0) is 24.0. The van der Waals surface area contributed by atoms with Crippen LogP contribution in [0.2, 0.25) is 0 Å². The van der Waals surface area contributed by atoms with Gasteiger partial charge in [0.1, 0.15) is 11.6 Å². The molecule has 4 rings (SSSR count). The van der Waals surface area contributed by atoms with Gasteiger partial charge in [-0.1, -0.05) is 23.4 Å². The SMILES string of the molecule is Cc1ccc(C2=NOC(C)(C)C2=O)cc1-c1cnc(NS(=O)(=O)c2c(F)cccc2F)cn1. The number of hydrogen-bond acceptors (Lipinski definition) is 7. The van der Waals surface area contributed by atoms with Crippen LogP contribution in [-0.4, -0.2) is 35.5 Å². The second kappa shape index (κ2) is 8.00. The Bertz CT molecular complexity index is 1380. The first-order valence-electron chi connectivity index (χ1n) is 9.71. The average Bonchev–Trinajstić information content (AvgIpc) is 3.01. The van der Waals surface area contributed by atoms with E-state index >= 15 is 0 Å². The van der Waals surface area contributed by atoms with Crippen LogP contribution >= 0.6 is 0 Å². The highest BCUT2D eigenvalue weighted by Gasteiger charge is 2.40. The molecule has 0 spiro atoms. The standard InChI is InChI=1S/C22H18F2N4O4S/c1-12-7-8-13(19-21(29)22(2,3)32-27-19)9-14(12)17-10-26-18(11-25-17)28-33(30,31)20-15(23)5-4-6-16(20)24/h4-11H,1-3H3,(H,26,28). The van der Waals surface area contributed by atoms with Gasteiger partial charge in [-0.3, -0.25) is 14.5 Å². The number of benzene rings is 2. The fourth-order valence-electron chi connectivity index (χ4n) is 3.20. The predicted molar refractivity (Wildman–Crippen MR) is 116 cm³/mol. The molecule has 8 nitrogen and oxygen atoms in total. The van der Waals surface area contributed by atoms with Crippen LogP contribution in [0.25, 0.3) is 11.3 Å². The maximum Gasteiger partial charge on any atom is 0.268 e. The molecule has 2 aromatic carbocycles. The van der Waals surface area contributed by atoms with Gasteiger partial charge in [0.15, 0.2) is 22.0 Å². The van der Waals surface area contributed by atoms with Gasteiger partial charge in [0.2, 0.25) is 5.78 Å². The zero-order valence-electron chi connectivity index (χ0n) is 17.8. The summed E-state index contributed by atoms with van der Waals surface area (Å²) in [5, 5.41) is 3.89. The first-order valence-corrected chi connectivity index (χ1v) is 11.2. The van der Waals surface area contributed by atoms with Crippen LogP contribution in [0.3, 0.4) is 0 Å². The fourth-order valence-corrected chi connectivity index (χ4v) is 4.34. The second-order valence-electron chi connectivity index (χ2n) is 7.84. The molecule has 0 atom stereocenters. The van der Waals surface area contributed by atoms with Crippen molar-refractivity contribution in [2.75, 3.05) is 4.72 Å². The Labute approximate surface area is 188 Å². The third kappa shape index (κ3) is 4.19. The zero-order valence-corrected chi connectivity index (χ0v) is 18.6. The Kier molecular flexibility index (Phi) is 5.44. The number of aromatic nitrogens is 2. The summed E-state index contributed by atoms with van der Waals surface area (Å²) < 4.78 is 54.6.